The van der Waals surface area contributed by atoms with E-state index in [9.17, 15) is 9.59 Å². The molecule has 0 aromatic carbocycles. The summed E-state index contributed by atoms with van der Waals surface area (Å²) in [5.41, 5.74) is -0.555. The van der Waals surface area contributed by atoms with E-state index in [-0.39, 0.29) is 12.6 Å². The normalized spacial score (nSPS) is 19.1. The molecule has 0 saturated carbocycles. The minimum absolute atomic E-state index is 0.0212. The van der Waals surface area contributed by atoms with Gasteiger partial charge in [-0.2, -0.15) is 0 Å². The van der Waals surface area contributed by atoms with Crippen molar-refractivity contribution in [3.05, 3.63) is 12.2 Å². The fourth-order valence-electron chi connectivity index (χ4n) is 1.79. The molecule has 6 heteroatoms. The monoisotopic (exact) mass is 285 g/mol. The summed E-state index contributed by atoms with van der Waals surface area (Å²) in [5.74, 6) is -0.447. The van der Waals surface area contributed by atoms with Crippen molar-refractivity contribution in [2.24, 2.45) is 0 Å². The van der Waals surface area contributed by atoms with Crippen LogP contribution >= 0.6 is 0 Å². The Kier molecular flexibility index (Phi) is 6.01. The first-order valence-corrected chi connectivity index (χ1v) is 6.65. The first-order chi connectivity index (χ1) is 9.33. The van der Waals surface area contributed by atoms with E-state index in [1.54, 1.807) is 11.0 Å². The Labute approximate surface area is 119 Å². The summed E-state index contributed by atoms with van der Waals surface area (Å²) in [5, 5.41) is 0. The number of carbonyl (C=O) groups excluding carboxylic acids is 2. The summed E-state index contributed by atoms with van der Waals surface area (Å²) in [4.78, 5) is 24.8. The van der Waals surface area contributed by atoms with Gasteiger partial charge < -0.3 is 14.2 Å². The Hall–Kier alpha value is -1.56. The standard InChI is InChI=1S/C14H23NO5/c1-14(2,3)20-13(17)15(11-7-9-19-10-11)8-5-6-12(16)18-4/h5-6,11H,7-10H2,1-4H3/b6-5+/t11-/m0/s1. The SMILES string of the molecule is COC(=O)/C=C/CN(C(=O)OC(C)(C)C)[C@H]1CCOC1. The third-order valence-electron chi connectivity index (χ3n) is 2.73. The molecule has 1 fully saturated rings. The molecule has 0 unspecified atom stereocenters. The Bertz CT molecular complexity index is 366. The summed E-state index contributed by atoms with van der Waals surface area (Å²) in [6.45, 7) is 6.86. The van der Waals surface area contributed by atoms with Gasteiger partial charge in [-0.1, -0.05) is 6.08 Å². The number of rotatable bonds is 4. The number of hydrogen-bond donors (Lipinski definition) is 0. The van der Waals surface area contributed by atoms with E-state index in [1.807, 2.05) is 20.8 Å². The van der Waals surface area contributed by atoms with Crippen LogP contribution in [0.25, 0.3) is 0 Å². The molecule has 0 aromatic heterocycles. The third-order valence-corrected chi connectivity index (χ3v) is 2.73. The average molecular weight is 285 g/mol. The van der Waals surface area contributed by atoms with Gasteiger partial charge in [-0.05, 0) is 27.2 Å². The van der Waals surface area contributed by atoms with Crippen LogP contribution in [0.15, 0.2) is 12.2 Å². The fourth-order valence-corrected chi connectivity index (χ4v) is 1.79. The molecule has 1 amide bonds. The van der Waals surface area contributed by atoms with Crippen LogP contribution < -0.4 is 0 Å². The highest BCUT2D eigenvalue weighted by molar-refractivity contribution is 5.81. The molecule has 1 rings (SSSR count). The highest BCUT2D eigenvalue weighted by Crippen LogP contribution is 2.17. The summed E-state index contributed by atoms with van der Waals surface area (Å²) in [6.07, 6.45) is 3.26. The molecule has 1 heterocycles. The van der Waals surface area contributed by atoms with E-state index in [4.69, 9.17) is 9.47 Å². The Morgan fingerprint density at radius 3 is 2.60 bits per heavy atom. The summed E-state index contributed by atoms with van der Waals surface area (Å²) < 4.78 is 15.2. The second-order valence-corrected chi connectivity index (χ2v) is 5.58. The molecule has 0 bridgehead atoms. The van der Waals surface area contributed by atoms with E-state index in [0.717, 1.165) is 6.42 Å². The van der Waals surface area contributed by atoms with Gasteiger partial charge in [-0.3, -0.25) is 4.90 Å². The number of esters is 1. The van der Waals surface area contributed by atoms with Crippen molar-refractivity contribution in [3.63, 3.8) is 0 Å². The maximum atomic E-state index is 12.2. The fraction of sp³-hybridized carbons (Fsp3) is 0.714. The molecule has 1 aliphatic rings. The zero-order chi connectivity index (χ0) is 15.2. The number of nitrogens with zero attached hydrogens (tertiary/aromatic N) is 1. The molecule has 0 N–H and O–H groups in total. The van der Waals surface area contributed by atoms with E-state index in [0.29, 0.717) is 13.2 Å². The molecular formula is C14H23NO5. The first-order valence-electron chi connectivity index (χ1n) is 6.65. The van der Waals surface area contributed by atoms with Gasteiger partial charge in [0.05, 0.1) is 19.8 Å². The van der Waals surface area contributed by atoms with Gasteiger partial charge in [-0.15, -0.1) is 0 Å². The number of amides is 1. The van der Waals surface area contributed by atoms with Crippen LogP contribution in [0.5, 0.6) is 0 Å². The van der Waals surface area contributed by atoms with Crippen molar-refractivity contribution in [2.75, 3.05) is 26.9 Å². The lowest BCUT2D eigenvalue weighted by atomic mass is 10.2. The number of carbonyl (C=O) groups is 2. The van der Waals surface area contributed by atoms with Crippen molar-refractivity contribution < 1.29 is 23.8 Å². The smallest absolute Gasteiger partial charge is 0.410 e. The van der Waals surface area contributed by atoms with Crippen molar-refractivity contribution in [2.45, 2.75) is 38.8 Å². The van der Waals surface area contributed by atoms with Crippen LogP contribution in [0.3, 0.4) is 0 Å². The van der Waals surface area contributed by atoms with E-state index >= 15 is 0 Å². The van der Waals surface area contributed by atoms with Crippen LogP contribution in [-0.4, -0.2) is 55.5 Å². The minimum Gasteiger partial charge on any atom is -0.466 e. The highest BCUT2D eigenvalue weighted by Gasteiger charge is 2.30. The summed E-state index contributed by atoms with van der Waals surface area (Å²) >= 11 is 0. The number of ether oxygens (including phenoxy) is 3. The molecule has 1 saturated heterocycles. The summed E-state index contributed by atoms with van der Waals surface area (Å²) in [6, 6.07) is -0.0212. The van der Waals surface area contributed by atoms with E-state index in [1.165, 1.54) is 13.2 Å². The Morgan fingerprint density at radius 2 is 2.10 bits per heavy atom. The maximum absolute atomic E-state index is 12.2. The van der Waals surface area contributed by atoms with Gasteiger partial charge in [0, 0.05) is 19.2 Å². The molecule has 0 radical (unpaired) electrons. The van der Waals surface area contributed by atoms with Crippen LogP contribution in [0.2, 0.25) is 0 Å². The van der Waals surface area contributed by atoms with Crippen LogP contribution in [0.1, 0.15) is 27.2 Å². The molecule has 0 aromatic rings. The molecule has 1 aliphatic heterocycles. The lowest BCUT2D eigenvalue weighted by Gasteiger charge is -2.30. The quantitative estimate of drug-likeness (QED) is 0.581. The van der Waals surface area contributed by atoms with Gasteiger partial charge in [0.2, 0.25) is 0 Å². The second kappa shape index (κ2) is 7.28. The molecular weight excluding hydrogens is 262 g/mol. The van der Waals surface area contributed by atoms with Crippen molar-refractivity contribution in [1.29, 1.82) is 0 Å². The summed E-state index contributed by atoms with van der Waals surface area (Å²) in [7, 11) is 1.31. The second-order valence-electron chi connectivity index (χ2n) is 5.58. The zero-order valence-electron chi connectivity index (χ0n) is 12.5. The van der Waals surface area contributed by atoms with Gasteiger partial charge in [-0.25, -0.2) is 9.59 Å². The largest absolute Gasteiger partial charge is 0.466 e. The van der Waals surface area contributed by atoms with Crippen molar-refractivity contribution in [3.8, 4) is 0 Å². The third kappa shape index (κ3) is 5.61. The van der Waals surface area contributed by atoms with Crippen LogP contribution in [0.4, 0.5) is 4.79 Å². The van der Waals surface area contributed by atoms with Crippen LogP contribution in [0, 0.1) is 0 Å². The molecule has 0 aliphatic carbocycles. The molecule has 1 atom stereocenters. The van der Waals surface area contributed by atoms with Crippen molar-refractivity contribution in [1.82, 2.24) is 4.90 Å². The maximum Gasteiger partial charge on any atom is 0.410 e. The molecule has 0 spiro atoms. The minimum atomic E-state index is -0.555. The van der Waals surface area contributed by atoms with E-state index < -0.39 is 17.7 Å². The predicted molar refractivity (Wildman–Crippen MR) is 73.3 cm³/mol. The lowest BCUT2D eigenvalue weighted by Crippen LogP contribution is -2.43. The Balaban J connectivity index is 2.67. The highest BCUT2D eigenvalue weighted by atomic mass is 16.6. The average Bonchev–Trinajstić information content (AvgIpc) is 2.85. The number of methoxy groups -OCH3 is 1. The first kappa shape index (κ1) is 16.5. The van der Waals surface area contributed by atoms with Crippen molar-refractivity contribution >= 4 is 12.1 Å². The van der Waals surface area contributed by atoms with E-state index in [2.05, 4.69) is 4.74 Å². The molecule has 6 nitrogen and oxygen atoms in total. The molecule has 20 heavy (non-hydrogen) atoms. The predicted octanol–water partition coefficient (Wildman–Crippen LogP) is 1.74. The number of hydrogen-bond acceptors (Lipinski definition) is 5. The van der Waals surface area contributed by atoms with Gasteiger partial charge >= 0.3 is 12.1 Å². The van der Waals surface area contributed by atoms with Crippen LogP contribution in [-0.2, 0) is 19.0 Å². The lowest BCUT2D eigenvalue weighted by molar-refractivity contribution is -0.134. The topological polar surface area (TPSA) is 65.1 Å². The van der Waals surface area contributed by atoms with Gasteiger partial charge in [0.1, 0.15) is 5.60 Å². The Morgan fingerprint density at radius 1 is 1.40 bits per heavy atom. The zero-order valence-corrected chi connectivity index (χ0v) is 12.5. The van der Waals surface area contributed by atoms with Gasteiger partial charge in [0.15, 0.2) is 0 Å². The molecule has 114 valence electrons. The van der Waals surface area contributed by atoms with Gasteiger partial charge in [0.25, 0.3) is 0 Å².